The number of carbonyl (C=O) groups excluding carboxylic acids is 1. The second kappa shape index (κ2) is 7.88. The maximum absolute atomic E-state index is 12.4. The normalized spacial score (nSPS) is 14.7. The van der Waals surface area contributed by atoms with E-state index in [9.17, 15) is 4.79 Å². The first-order chi connectivity index (χ1) is 12.5. The highest BCUT2D eigenvalue weighted by molar-refractivity contribution is 7.15. The van der Waals surface area contributed by atoms with E-state index in [4.69, 9.17) is 9.47 Å². The SMILES string of the molecule is COc1ccc(/C(C)=C/C(=O)Nc2nc3c(s2)CN(C)CC3)c(OC)c1. The van der Waals surface area contributed by atoms with Crippen LogP contribution in [0.25, 0.3) is 5.57 Å². The third-order valence-corrected chi connectivity index (χ3v) is 5.33. The number of aromatic nitrogens is 1. The predicted octanol–water partition coefficient (Wildman–Crippen LogP) is 3.19. The molecule has 0 bridgehead atoms. The zero-order valence-electron chi connectivity index (χ0n) is 15.5. The smallest absolute Gasteiger partial charge is 0.250 e. The Labute approximate surface area is 157 Å². The number of likely N-dealkylation sites (N-methyl/N-ethyl adjacent to an activating group) is 1. The minimum atomic E-state index is -0.195. The first-order valence-electron chi connectivity index (χ1n) is 8.39. The molecule has 1 aromatic carbocycles. The van der Waals surface area contributed by atoms with Gasteiger partial charge in [-0.3, -0.25) is 10.1 Å². The van der Waals surface area contributed by atoms with Gasteiger partial charge in [0.1, 0.15) is 11.5 Å². The van der Waals surface area contributed by atoms with Crippen molar-refractivity contribution in [3.05, 3.63) is 40.4 Å². The molecule has 1 amide bonds. The summed E-state index contributed by atoms with van der Waals surface area (Å²) in [6.45, 7) is 3.77. The highest BCUT2D eigenvalue weighted by atomic mass is 32.1. The van der Waals surface area contributed by atoms with E-state index in [-0.39, 0.29) is 5.91 Å². The molecule has 6 nitrogen and oxygen atoms in total. The fourth-order valence-electron chi connectivity index (χ4n) is 2.92. The summed E-state index contributed by atoms with van der Waals surface area (Å²) in [6, 6.07) is 5.53. The van der Waals surface area contributed by atoms with E-state index in [0.717, 1.165) is 36.3 Å². The van der Waals surface area contributed by atoms with Crippen LogP contribution in [0.5, 0.6) is 11.5 Å². The average Bonchev–Trinajstić information content (AvgIpc) is 3.01. The standard InChI is InChI=1S/C19H23N3O3S/c1-12(14-6-5-13(24-3)10-16(14)25-4)9-18(23)21-19-20-15-7-8-22(2)11-17(15)26-19/h5-6,9-10H,7-8,11H2,1-4H3,(H,20,21,23)/b12-9+. The Morgan fingerprint density at radius 2 is 2.15 bits per heavy atom. The first kappa shape index (κ1) is 18.4. The Kier molecular flexibility index (Phi) is 5.58. The summed E-state index contributed by atoms with van der Waals surface area (Å²) in [5.74, 6) is 1.18. The van der Waals surface area contributed by atoms with E-state index < -0.39 is 0 Å². The quantitative estimate of drug-likeness (QED) is 0.816. The van der Waals surface area contributed by atoms with Gasteiger partial charge in [0.25, 0.3) is 0 Å². The van der Waals surface area contributed by atoms with Crippen LogP contribution in [0.4, 0.5) is 5.13 Å². The van der Waals surface area contributed by atoms with E-state index >= 15 is 0 Å². The largest absolute Gasteiger partial charge is 0.497 e. The second-order valence-electron chi connectivity index (χ2n) is 6.26. The number of fused-ring (bicyclic) bond motifs is 1. The van der Waals surface area contributed by atoms with Crippen LogP contribution >= 0.6 is 11.3 Å². The van der Waals surface area contributed by atoms with Gasteiger partial charge in [-0.25, -0.2) is 4.98 Å². The number of amides is 1. The van der Waals surface area contributed by atoms with Crippen molar-refractivity contribution >= 4 is 27.9 Å². The Morgan fingerprint density at radius 3 is 2.88 bits per heavy atom. The van der Waals surface area contributed by atoms with Gasteiger partial charge in [0, 0.05) is 42.1 Å². The fourth-order valence-corrected chi connectivity index (χ4v) is 4.01. The first-order valence-corrected chi connectivity index (χ1v) is 9.20. The number of ether oxygens (including phenoxy) is 2. The van der Waals surface area contributed by atoms with E-state index in [1.807, 2.05) is 19.1 Å². The molecule has 0 unspecified atom stereocenters. The number of rotatable bonds is 5. The summed E-state index contributed by atoms with van der Waals surface area (Å²) in [4.78, 5) is 20.4. The average molecular weight is 373 g/mol. The molecule has 1 aliphatic rings. The van der Waals surface area contributed by atoms with E-state index in [1.54, 1.807) is 37.7 Å². The second-order valence-corrected chi connectivity index (χ2v) is 7.34. The molecular formula is C19H23N3O3S. The molecule has 0 atom stereocenters. The van der Waals surface area contributed by atoms with E-state index in [2.05, 4.69) is 22.2 Å². The highest BCUT2D eigenvalue weighted by Gasteiger charge is 2.19. The Bertz CT molecular complexity index is 845. The topological polar surface area (TPSA) is 63.7 Å². The van der Waals surface area contributed by atoms with Gasteiger partial charge in [-0.15, -0.1) is 11.3 Å². The van der Waals surface area contributed by atoms with Gasteiger partial charge in [0.05, 0.1) is 19.9 Å². The lowest BCUT2D eigenvalue weighted by Crippen LogP contribution is -2.25. The highest BCUT2D eigenvalue weighted by Crippen LogP contribution is 2.30. The van der Waals surface area contributed by atoms with Gasteiger partial charge in [-0.05, 0) is 31.7 Å². The molecule has 0 fully saturated rings. The summed E-state index contributed by atoms with van der Waals surface area (Å²) < 4.78 is 10.6. The Hall–Kier alpha value is -2.38. The molecule has 7 heteroatoms. The lowest BCUT2D eigenvalue weighted by atomic mass is 10.1. The number of hydrogen-bond acceptors (Lipinski definition) is 6. The van der Waals surface area contributed by atoms with Crippen molar-refractivity contribution < 1.29 is 14.3 Å². The van der Waals surface area contributed by atoms with Crippen molar-refractivity contribution in [2.24, 2.45) is 0 Å². The van der Waals surface area contributed by atoms with Gasteiger partial charge >= 0.3 is 0 Å². The molecule has 2 heterocycles. The molecule has 0 saturated carbocycles. The summed E-state index contributed by atoms with van der Waals surface area (Å²) in [5.41, 5.74) is 2.76. The van der Waals surface area contributed by atoms with Crippen molar-refractivity contribution in [2.75, 3.05) is 33.1 Å². The molecule has 1 aliphatic heterocycles. The van der Waals surface area contributed by atoms with Crippen LogP contribution in [0, 0.1) is 0 Å². The van der Waals surface area contributed by atoms with Crippen molar-refractivity contribution in [3.8, 4) is 11.5 Å². The number of benzene rings is 1. The lowest BCUT2D eigenvalue weighted by molar-refractivity contribution is -0.111. The van der Waals surface area contributed by atoms with E-state index in [1.165, 1.54) is 4.88 Å². The van der Waals surface area contributed by atoms with Crippen molar-refractivity contribution in [1.29, 1.82) is 0 Å². The number of nitrogens with one attached hydrogen (secondary N) is 1. The van der Waals surface area contributed by atoms with Crippen LogP contribution < -0.4 is 14.8 Å². The van der Waals surface area contributed by atoms with Gasteiger partial charge < -0.3 is 14.4 Å². The summed E-state index contributed by atoms with van der Waals surface area (Å²) in [7, 11) is 5.30. The van der Waals surface area contributed by atoms with Gasteiger partial charge in [-0.2, -0.15) is 0 Å². The third kappa shape index (κ3) is 4.05. The van der Waals surface area contributed by atoms with Crippen LogP contribution in [-0.4, -0.2) is 43.6 Å². The van der Waals surface area contributed by atoms with Crippen LogP contribution in [-0.2, 0) is 17.8 Å². The molecule has 1 aromatic heterocycles. The zero-order chi connectivity index (χ0) is 18.7. The molecule has 26 heavy (non-hydrogen) atoms. The van der Waals surface area contributed by atoms with Crippen LogP contribution in [0.3, 0.4) is 0 Å². The van der Waals surface area contributed by atoms with Crippen molar-refractivity contribution in [3.63, 3.8) is 0 Å². The molecular weight excluding hydrogens is 350 g/mol. The molecule has 0 aliphatic carbocycles. The number of methoxy groups -OCH3 is 2. The van der Waals surface area contributed by atoms with Crippen molar-refractivity contribution in [1.82, 2.24) is 9.88 Å². The number of carbonyl (C=O) groups is 1. The maximum Gasteiger partial charge on any atom is 0.250 e. The zero-order valence-corrected chi connectivity index (χ0v) is 16.3. The van der Waals surface area contributed by atoms with Crippen molar-refractivity contribution in [2.45, 2.75) is 19.9 Å². The molecule has 1 N–H and O–H groups in total. The molecule has 138 valence electrons. The lowest BCUT2D eigenvalue weighted by Gasteiger charge is -2.20. The minimum Gasteiger partial charge on any atom is -0.497 e. The molecule has 0 saturated heterocycles. The Balaban J connectivity index is 1.74. The number of nitrogens with zero attached hydrogens (tertiary/aromatic N) is 2. The van der Waals surface area contributed by atoms with Crippen LogP contribution in [0.2, 0.25) is 0 Å². The molecule has 3 rings (SSSR count). The number of anilines is 1. The van der Waals surface area contributed by atoms with E-state index in [0.29, 0.717) is 16.6 Å². The number of thiazole rings is 1. The summed E-state index contributed by atoms with van der Waals surface area (Å²) in [6.07, 6.45) is 2.49. The van der Waals surface area contributed by atoms with Gasteiger partial charge in [0.15, 0.2) is 5.13 Å². The third-order valence-electron chi connectivity index (χ3n) is 4.33. The molecule has 0 radical (unpaired) electrons. The van der Waals surface area contributed by atoms with Crippen LogP contribution in [0.1, 0.15) is 23.1 Å². The predicted molar refractivity (Wildman–Crippen MR) is 104 cm³/mol. The Morgan fingerprint density at radius 1 is 1.35 bits per heavy atom. The number of allylic oxidation sites excluding steroid dienone is 1. The minimum absolute atomic E-state index is 0.195. The summed E-state index contributed by atoms with van der Waals surface area (Å²) in [5, 5.41) is 3.54. The monoisotopic (exact) mass is 373 g/mol. The fraction of sp³-hybridized carbons (Fsp3) is 0.368. The number of hydrogen-bond donors (Lipinski definition) is 1. The van der Waals surface area contributed by atoms with Gasteiger partial charge in [-0.1, -0.05) is 0 Å². The van der Waals surface area contributed by atoms with Crippen LogP contribution in [0.15, 0.2) is 24.3 Å². The van der Waals surface area contributed by atoms with Gasteiger partial charge in [0.2, 0.25) is 5.91 Å². The molecule has 2 aromatic rings. The summed E-state index contributed by atoms with van der Waals surface area (Å²) >= 11 is 1.55. The molecule has 0 spiro atoms. The maximum atomic E-state index is 12.4.